The van der Waals surface area contributed by atoms with Crippen LogP contribution in [0.2, 0.25) is 0 Å². The summed E-state index contributed by atoms with van der Waals surface area (Å²) in [7, 11) is 0. The van der Waals surface area contributed by atoms with Crippen LogP contribution >= 0.6 is 0 Å². The number of allylic oxidation sites excluding steroid dienone is 1. The largest absolute Gasteiger partial charge is 0.468 e. The monoisotopic (exact) mass is 403 g/mol. The number of nitriles is 1. The third-order valence-corrected chi connectivity index (χ3v) is 5.30. The minimum absolute atomic E-state index is 0.0290. The van der Waals surface area contributed by atoms with Crippen LogP contribution in [0.1, 0.15) is 28.5 Å². The molecule has 1 aromatic carbocycles. The lowest BCUT2D eigenvalue weighted by Gasteiger charge is -2.26. The average Bonchev–Trinajstić information content (AvgIpc) is 3.41. The van der Waals surface area contributed by atoms with E-state index in [4.69, 9.17) is 24.4 Å². The zero-order chi connectivity index (χ0) is 20.8. The van der Waals surface area contributed by atoms with Gasteiger partial charge < -0.3 is 28.9 Å². The molecule has 0 fully saturated rings. The van der Waals surface area contributed by atoms with Gasteiger partial charge >= 0.3 is 0 Å². The molecule has 4 heterocycles. The van der Waals surface area contributed by atoms with Crippen LogP contribution in [0.15, 0.2) is 63.3 Å². The summed E-state index contributed by atoms with van der Waals surface area (Å²) in [5.41, 5.74) is 7.75. The van der Waals surface area contributed by atoms with Crippen LogP contribution in [0.25, 0.3) is 0 Å². The summed E-state index contributed by atoms with van der Waals surface area (Å²) in [6.45, 7) is 2.32. The van der Waals surface area contributed by atoms with Crippen molar-refractivity contribution < 1.29 is 18.6 Å². The van der Waals surface area contributed by atoms with Crippen molar-refractivity contribution in [2.45, 2.75) is 19.4 Å². The van der Waals surface area contributed by atoms with Gasteiger partial charge in [0.2, 0.25) is 12.7 Å². The minimum atomic E-state index is -0.732. The van der Waals surface area contributed by atoms with Crippen molar-refractivity contribution in [1.82, 2.24) is 4.57 Å². The van der Waals surface area contributed by atoms with E-state index in [1.165, 1.54) is 6.26 Å². The molecule has 0 spiro atoms. The molecule has 2 N–H and O–H groups in total. The zero-order valence-corrected chi connectivity index (χ0v) is 16.0. The molecule has 3 aromatic rings. The molecule has 0 bridgehead atoms. The Bertz CT molecular complexity index is 1280. The van der Waals surface area contributed by atoms with E-state index in [-0.39, 0.29) is 23.8 Å². The molecule has 8 heteroatoms. The lowest BCUT2D eigenvalue weighted by molar-refractivity contribution is 0.174. The molecular formula is C22H17N3O5. The number of hydrogen-bond donors (Lipinski definition) is 1. The van der Waals surface area contributed by atoms with Gasteiger partial charge in [-0.25, -0.2) is 0 Å². The SMILES string of the molecule is Cc1cc2c(c(=O)n1Cc1ccc3c(c1)OCO3)C(c1ccco1)C(C#N)=C(N)O2. The number of aryl methyl sites for hydroxylation is 1. The van der Waals surface area contributed by atoms with E-state index in [9.17, 15) is 10.1 Å². The number of ether oxygens (including phenoxy) is 3. The highest BCUT2D eigenvalue weighted by molar-refractivity contribution is 5.53. The molecule has 1 atom stereocenters. The van der Waals surface area contributed by atoms with Crippen LogP contribution in [0.3, 0.4) is 0 Å². The fraction of sp³-hybridized carbons (Fsp3) is 0.182. The molecule has 150 valence electrons. The maximum absolute atomic E-state index is 13.6. The van der Waals surface area contributed by atoms with Crippen molar-refractivity contribution in [3.8, 4) is 23.3 Å². The zero-order valence-electron chi connectivity index (χ0n) is 16.0. The summed E-state index contributed by atoms with van der Waals surface area (Å²) in [5, 5.41) is 9.65. The fourth-order valence-electron chi connectivity index (χ4n) is 3.84. The molecule has 8 nitrogen and oxygen atoms in total. The third kappa shape index (κ3) is 2.71. The molecule has 0 amide bonds. The van der Waals surface area contributed by atoms with E-state index in [0.29, 0.717) is 40.8 Å². The minimum Gasteiger partial charge on any atom is -0.468 e. The Morgan fingerprint density at radius 2 is 2.03 bits per heavy atom. The Morgan fingerprint density at radius 3 is 2.80 bits per heavy atom. The standard InChI is InChI=1S/C22H17N3O5/c1-12-7-18-20(19(16-3-2-6-27-16)14(9-23)21(24)30-18)22(26)25(12)10-13-4-5-15-17(8-13)29-11-28-15/h2-8,19H,10-11,24H2,1H3. The number of hydrogen-bond acceptors (Lipinski definition) is 7. The van der Waals surface area contributed by atoms with Crippen LogP contribution < -0.4 is 25.5 Å². The lowest BCUT2D eigenvalue weighted by Crippen LogP contribution is -2.32. The quantitative estimate of drug-likeness (QED) is 0.715. The number of pyridine rings is 1. The van der Waals surface area contributed by atoms with Gasteiger partial charge in [-0.05, 0) is 36.8 Å². The second-order valence-corrected chi connectivity index (χ2v) is 7.08. The van der Waals surface area contributed by atoms with Gasteiger partial charge in [0.15, 0.2) is 11.5 Å². The van der Waals surface area contributed by atoms with E-state index < -0.39 is 5.92 Å². The molecule has 2 aromatic heterocycles. The van der Waals surface area contributed by atoms with Crippen LogP contribution in [-0.2, 0) is 6.54 Å². The molecule has 2 aliphatic heterocycles. The van der Waals surface area contributed by atoms with Crippen LogP contribution in [0.5, 0.6) is 17.2 Å². The van der Waals surface area contributed by atoms with Crippen LogP contribution in [0.4, 0.5) is 0 Å². The number of fused-ring (bicyclic) bond motifs is 2. The average molecular weight is 403 g/mol. The van der Waals surface area contributed by atoms with E-state index >= 15 is 0 Å². The predicted molar refractivity (Wildman–Crippen MR) is 105 cm³/mol. The normalized spacial score (nSPS) is 16.7. The molecule has 30 heavy (non-hydrogen) atoms. The van der Waals surface area contributed by atoms with Gasteiger partial charge in [-0.2, -0.15) is 5.26 Å². The van der Waals surface area contributed by atoms with Crippen molar-refractivity contribution in [3.05, 3.63) is 87.1 Å². The molecule has 0 saturated carbocycles. The molecule has 0 saturated heterocycles. The molecule has 1 unspecified atom stereocenters. The van der Waals surface area contributed by atoms with Gasteiger partial charge in [0, 0.05) is 11.8 Å². The highest BCUT2D eigenvalue weighted by Gasteiger charge is 2.36. The van der Waals surface area contributed by atoms with E-state index in [1.807, 2.05) is 25.1 Å². The summed E-state index contributed by atoms with van der Waals surface area (Å²) < 4.78 is 23.6. The van der Waals surface area contributed by atoms with Gasteiger partial charge in [0.25, 0.3) is 5.56 Å². The summed E-state index contributed by atoms with van der Waals surface area (Å²) in [4.78, 5) is 13.6. The van der Waals surface area contributed by atoms with Crippen LogP contribution in [0, 0.1) is 18.3 Å². The third-order valence-electron chi connectivity index (χ3n) is 5.30. The first-order chi connectivity index (χ1) is 14.6. The Balaban J connectivity index is 1.64. The Hall–Kier alpha value is -4.12. The van der Waals surface area contributed by atoms with Crippen molar-refractivity contribution in [3.63, 3.8) is 0 Å². The summed E-state index contributed by atoms with van der Waals surface area (Å²) in [6, 6.07) is 12.8. The van der Waals surface area contributed by atoms with Crippen molar-refractivity contribution in [1.29, 1.82) is 5.26 Å². The first-order valence-electron chi connectivity index (χ1n) is 9.30. The second-order valence-electron chi connectivity index (χ2n) is 7.08. The second kappa shape index (κ2) is 6.74. The van der Waals surface area contributed by atoms with Crippen LogP contribution in [-0.4, -0.2) is 11.4 Å². The highest BCUT2D eigenvalue weighted by Crippen LogP contribution is 2.40. The lowest BCUT2D eigenvalue weighted by atomic mass is 9.88. The van der Waals surface area contributed by atoms with Gasteiger partial charge in [-0.15, -0.1) is 0 Å². The Morgan fingerprint density at radius 1 is 1.20 bits per heavy atom. The maximum Gasteiger partial charge on any atom is 0.259 e. The smallest absolute Gasteiger partial charge is 0.259 e. The van der Waals surface area contributed by atoms with Crippen molar-refractivity contribution >= 4 is 0 Å². The molecule has 0 aliphatic carbocycles. The Kier molecular flexibility index (Phi) is 4.03. The van der Waals surface area contributed by atoms with E-state index in [0.717, 1.165) is 5.56 Å². The highest BCUT2D eigenvalue weighted by atomic mass is 16.7. The first kappa shape index (κ1) is 17.9. The number of aromatic nitrogens is 1. The van der Waals surface area contributed by atoms with Gasteiger partial charge in [-0.3, -0.25) is 4.79 Å². The Labute approximate surface area is 171 Å². The molecular weight excluding hydrogens is 386 g/mol. The van der Waals surface area contributed by atoms with Gasteiger partial charge in [0.1, 0.15) is 23.2 Å². The van der Waals surface area contributed by atoms with Gasteiger partial charge in [0.05, 0.1) is 24.3 Å². The summed E-state index contributed by atoms with van der Waals surface area (Å²) in [5.74, 6) is 1.35. The van der Waals surface area contributed by atoms with Gasteiger partial charge in [-0.1, -0.05) is 6.07 Å². The molecule has 2 aliphatic rings. The van der Waals surface area contributed by atoms with E-state index in [2.05, 4.69) is 6.07 Å². The fourth-order valence-corrected chi connectivity index (χ4v) is 3.84. The number of benzene rings is 1. The maximum atomic E-state index is 13.6. The van der Waals surface area contributed by atoms with Crippen molar-refractivity contribution in [2.75, 3.05) is 6.79 Å². The first-order valence-corrected chi connectivity index (χ1v) is 9.30. The number of nitrogens with two attached hydrogens (primary N) is 1. The van der Waals surface area contributed by atoms with Crippen molar-refractivity contribution in [2.24, 2.45) is 5.73 Å². The summed E-state index contributed by atoms with van der Waals surface area (Å²) >= 11 is 0. The topological polar surface area (TPSA) is 113 Å². The number of rotatable bonds is 3. The number of furan rings is 1. The molecule has 0 radical (unpaired) electrons. The summed E-state index contributed by atoms with van der Waals surface area (Å²) in [6.07, 6.45) is 1.50. The number of nitrogens with zero attached hydrogens (tertiary/aromatic N) is 2. The predicted octanol–water partition coefficient (Wildman–Crippen LogP) is 2.74. The van der Waals surface area contributed by atoms with E-state index in [1.54, 1.807) is 22.8 Å². The molecule has 5 rings (SSSR count).